The highest BCUT2D eigenvalue weighted by Crippen LogP contribution is 2.25. The zero-order valence-corrected chi connectivity index (χ0v) is 12.7. The van der Waals surface area contributed by atoms with Crippen LogP contribution in [-0.2, 0) is 0 Å². The molecule has 0 spiro atoms. The third kappa shape index (κ3) is 3.74. The predicted molar refractivity (Wildman–Crippen MR) is 85.0 cm³/mol. The van der Waals surface area contributed by atoms with E-state index < -0.39 is 0 Å². The van der Waals surface area contributed by atoms with Crippen LogP contribution in [-0.4, -0.2) is 43.7 Å². The van der Waals surface area contributed by atoms with Gasteiger partial charge in [0.2, 0.25) is 0 Å². The largest absolute Gasteiger partial charge is 0.367 e. The molecule has 0 amide bonds. The number of hydrogen-bond acceptors (Lipinski definition) is 3. The number of para-hydroxylation sites is 1. The Kier molecular flexibility index (Phi) is 4.76. The fourth-order valence-corrected chi connectivity index (χ4v) is 3.74. The maximum atomic E-state index is 13.8. The number of rotatable bonds is 3. The molecule has 4 heteroatoms. The van der Waals surface area contributed by atoms with E-state index in [1.165, 1.54) is 32.2 Å². The molecule has 116 valence electrons. The van der Waals surface area contributed by atoms with Gasteiger partial charge in [-0.3, -0.25) is 4.90 Å². The average molecular weight is 291 g/mol. The summed E-state index contributed by atoms with van der Waals surface area (Å²) in [5, 5.41) is 0. The summed E-state index contributed by atoms with van der Waals surface area (Å²) >= 11 is 0. The summed E-state index contributed by atoms with van der Waals surface area (Å²) < 4.78 is 13.8. The van der Waals surface area contributed by atoms with Crippen molar-refractivity contribution in [2.24, 2.45) is 11.7 Å². The number of hydrogen-bond donors (Lipinski definition) is 1. The van der Waals surface area contributed by atoms with Gasteiger partial charge in [0.15, 0.2) is 0 Å². The van der Waals surface area contributed by atoms with Crippen molar-refractivity contribution in [2.45, 2.75) is 31.7 Å². The maximum Gasteiger partial charge on any atom is 0.146 e. The van der Waals surface area contributed by atoms with Gasteiger partial charge in [-0.05, 0) is 37.3 Å². The van der Waals surface area contributed by atoms with Gasteiger partial charge >= 0.3 is 0 Å². The van der Waals surface area contributed by atoms with Crippen LogP contribution in [0.5, 0.6) is 0 Å². The summed E-state index contributed by atoms with van der Waals surface area (Å²) in [6, 6.07) is 7.50. The minimum Gasteiger partial charge on any atom is -0.367 e. The average Bonchev–Trinajstić information content (AvgIpc) is 2.49. The van der Waals surface area contributed by atoms with Gasteiger partial charge in [0.05, 0.1) is 5.69 Å². The van der Waals surface area contributed by atoms with Gasteiger partial charge in [-0.25, -0.2) is 4.39 Å². The molecule has 0 aromatic heterocycles. The van der Waals surface area contributed by atoms with Crippen molar-refractivity contribution < 1.29 is 4.39 Å². The lowest BCUT2D eigenvalue weighted by atomic mass is 9.86. The number of piperazine rings is 1. The van der Waals surface area contributed by atoms with Crippen molar-refractivity contribution in [2.75, 3.05) is 37.6 Å². The number of benzene rings is 1. The molecule has 2 N–H and O–H groups in total. The molecule has 1 aromatic rings. The Labute approximate surface area is 126 Å². The zero-order chi connectivity index (χ0) is 14.7. The van der Waals surface area contributed by atoms with E-state index in [0.29, 0.717) is 6.04 Å². The Hall–Kier alpha value is -1.13. The first-order chi connectivity index (χ1) is 10.2. The molecule has 21 heavy (non-hydrogen) atoms. The second-order valence-electron chi connectivity index (χ2n) is 6.53. The van der Waals surface area contributed by atoms with Crippen LogP contribution in [0, 0.1) is 11.7 Å². The second kappa shape index (κ2) is 6.75. The normalized spacial score (nSPS) is 27.8. The molecule has 1 aromatic carbocycles. The van der Waals surface area contributed by atoms with Crippen LogP contribution in [0.4, 0.5) is 10.1 Å². The van der Waals surface area contributed by atoms with E-state index in [4.69, 9.17) is 5.73 Å². The summed E-state index contributed by atoms with van der Waals surface area (Å²) in [6.45, 7) is 5.05. The van der Waals surface area contributed by atoms with Crippen LogP contribution >= 0.6 is 0 Å². The van der Waals surface area contributed by atoms with Gasteiger partial charge in [0.25, 0.3) is 0 Å². The number of nitrogens with two attached hydrogens (primary N) is 1. The van der Waals surface area contributed by atoms with Crippen molar-refractivity contribution in [1.82, 2.24) is 4.90 Å². The highest BCUT2D eigenvalue weighted by atomic mass is 19.1. The SMILES string of the molecule is NC1CCCC(CN2CCN(c3ccccc3F)CC2)C1. The van der Waals surface area contributed by atoms with Crippen molar-refractivity contribution in [3.8, 4) is 0 Å². The molecular weight excluding hydrogens is 265 g/mol. The first-order valence-electron chi connectivity index (χ1n) is 8.20. The van der Waals surface area contributed by atoms with Crippen molar-refractivity contribution in [1.29, 1.82) is 0 Å². The van der Waals surface area contributed by atoms with Gasteiger partial charge in [0.1, 0.15) is 5.82 Å². The van der Waals surface area contributed by atoms with Crippen LogP contribution < -0.4 is 10.6 Å². The van der Waals surface area contributed by atoms with E-state index in [1.807, 2.05) is 12.1 Å². The highest BCUT2D eigenvalue weighted by molar-refractivity contribution is 5.47. The first-order valence-corrected chi connectivity index (χ1v) is 8.20. The van der Waals surface area contributed by atoms with Gasteiger partial charge in [-0.1, -0.05) is 18.6 Å². The van der Waals surface area contributed by atoms with Crippen LogP contribution in [0.15, 0.2) is 24.3 Å². The predicted octanol–water partition coefficient (Wildman–Crippen LogP) is 2.47. The van der Waals surface area contributed by atoms with Crippen molar-refractivity contribution in [3.63, 3.8) is 0 Å². The Morgan fingerprint density at radius 1 is 1.10 bits per heavy atom. The van der Waals surface area contributed by atoms with Crippen LogP contribution in [0.1, 0.15) is 25.7 Å². The zero-order valence-electron chi connectivity index (χ0n) is 12.7. The molecule has 0 radical (unpaired) electrons. The fourth-order valence-electron chi connectivity index (χ4n) is 3.74. The smallest absolute Gasteiger partial charge is 0.146 e. The second-order valence-corrected chi connectivity index (χ2v) is 6.53. The minimum absolute atomic E-state index is 0.107. The number of anilines is 1. The number of halogens is 1. The molecule has 1 saturated heterocycles. The summed E-state index contributed by atoms with van der Waals surface area (Å²) in [7, 11) is 0. The summed E-state index contributed by atoms with van der Waals surface area (Å²) in [5.74, 6) is 0.651. The van der Waals surface area contributed by atoms with Gasteiger partial charge in [0, 0.05) is 38.8 Å². The molecular formula is C17H26FN3. The van der Waals surface area contributed by atoms with Crippen molar-refractivity contribution >= 4 is 5.69 Å². The molecule has 3 rings (SSSR count). The van der Waals surface area contributed by atoms with E-state index in [-0.39, 0.29) is 5.82 Å². The standard InChI is InChI=1S/C17H26FN3/c18-16-6-1-2-7-17(16)21-10-8-20(9-11-21)13-14-4-3-5-15(19)12-14/h1-2,6-7,14-15H,3-5,8-13,19H2. The Balaban J connectivity index is 1.50. The first kappa shape index (κ1) is 14.8. The Morgan fingerprint density at radius 3 is 2.57 bits per heavy atom. The van der Waals surface area contributed by atoms with Gasteiger partial charge < -0.3 is 10.6 Å². The maximum absolute atomic E-state index is 13.8. The monoisotopic (exact) mass is 291 g/mol. The molecule has 2 unspecified atom stereocenters. The molecule has 2 atom stereocenters. The molecule has 1 heterocycles. The molecule has 1 aliphatic carbocycles. The fraction of sp³-hybridized carbons (Fsp3) is 0.647. The Morgan fingerprint density at radius 2 is 1.86 bits per heavy atom. The lowest BCUT2D eigenvalue weighted by molar-refractivity contribution is 0.184. The van der Waals surface area contributed by atoms with E-state index in [9.17, 15) is 4.39 Å². The summed E-state index contributed by atoms with van der Waals surface area (Å²) in [5.41, 5.74) is 6.82. The van der Waals surface area contributed by atoms with E-state index in [1.54, 1.807) is 12.1 Å². The lowest BCUT2D eigenvalue weighted by Gasteiger charge is -2.39. The third-order valence-corrected chi connectivity index (χ3v) is 4.91. The Bertz CT molecular complexity index is 457. The van der Waals surface area contributed by atoms with Gasteiger partial charge in [-0.15, -0.1) is 0 Å². The quantitative estimate of drug-likeness (QED) is 0.928. The van der Waals surface area contributed by atoms with Crippen molar-refractivity contribution in [3.05, 3.63) is 30.1 Å². The van der Waals surface area contributed by atoms with E-state index >= 15 is 0 Å². The van der Waals surface area contributed by atoms with E-state index in [0.717, 1.165) is 37.8 Å². The molecule has 2 aliphatic rings. The molecule has 0 bridgehead atoms. The van der Waals surface area contributed by atoms with E-state index in [2.05, 4.69) is 9.80 Å². The topological polar surface area (TPSA) is 32.5 Å². The van der Waals surface area contributed by atoms with Crippen LogP contribution in [0.3, 0.4) is 0 Å². The number of nitrogens with zero attached hydrogens (tertiary/aromatic N) is 2. The molecule has 3 nitrogen and oxygen atoms in total. The molecule has 1 aliphatic heterocycles. The summed E-state index contributed by atoms with van der Waals surface area (Å²) in [6.07, 6.45) is 4.97. The van der Waals surface area contributed by atoms with Gasteiger partial charge in [-0.2, -0.15) is 0 Å². The third-order valence-electron chi connectivity index (χ3n) is 4.91. The molecule has 2 fully saturated rings. The van der Waals surface area contributed by atoms with Crippen LogP contribution in [0.2, 0.25) is 0 Å². The lowest BCUT2D eigenvalue weighted by Crippen LogP contribution is -2.48. The summed E-state index contributed by atoms with van der Waals surface area (Å²) in [4.78, 5) is 4.69. The van der Waals surface area contributed by atoms with Crippen LogP contribution in [0.25, 0.3) is 0 Å². The highest BCUT2D eigenvalue weighted by Gasteiger charge is 2.24. The molecule has 1 saturated carbocycles. The minimum atomic E-state index is -0.107.